The summed E-state index contributed by atoms with van der Waals surface area (Å²) in [7, 11) is -2.18. The Morgan fingerprint density at radius 1 is 1.13 bits per heavy atom. The first-order chi connectivity index (χ1) is 19.0. The second kappa shape index (κ2) is 10.6. The van der Waals surface area contributed by atoms with Gasteiger partial charge in [0.15, 0.2) is 0 Å². The lowest BCUT2D eigenvalue weighted by atomic mass is 10.0. The second-order valence-electron chi connectivity index (χ2n) is 10.1. The van der Waals surface area contributed by atoms with Gasteiger partial charge in [-0.1, -0.05) is 0 Å². The van der Waals surface area contributed by atoms with Crippen molar-refractivity contribution in [1.82, 2.24) is 24.2 Å². The molecular weight excluding hydrogens is 520 g/mol. The van der Waals surface area contributed by atoms with E-state index in [1.54, 1.807) is 22.6 Å². The summed E-state index contributed by atoms with van der Waals surface area (Å²) in [5.41, 5.74) is 1.54. The maximum atomic E-state index is 13.5. The minimum absolute atomic E-state index is 0.185. The lowest BCUT2D eigenvalue weighted by molar-refractivity contribution is 0.00610. The van der Waals surface area contributed by atoms with Crippen LogP contribution in [0.1, 0.15) is 31.2 Å². The maximum Gasteiger partial charge on any atom is 0.243 e. The zero-order valence-electron chi connectivity index (χ0n) is 21.8. The number of hydrogen-bond acceptors (Lipinski definition) is 10. The number of anilines is 3. The molecule has 6 rings (SSSR count). The Balaban J connectivity index is 1.21. The number of morpholine rings is 1. The Bertz CT molecular complexity index is 1500. The summed E-state index contributed by atoms with van der Waals surface area (Å²) < 4.78 is 39.6. The first kappa shape index (κ1) is 25.8. The summed E-state index contributed by atoms with van der Waals surface area (Å²) in [5.74, 6) is 1.25. The van der Waals surface area contributed by atoms with Crippen LogP contribution in [0.2, 0.25) is 0 Å². The Morgan fingerprint density at radius 2 is 1.90 bits per heavy atom. The number of benzene rings is 1. The summed E-state index contributed by atoms with van der Waals surface area (Å²) in [6.07, 6.45) is 5.33. The third kappa shape index (κ3) is 5.25. The monoisotopic (exact) mass is 552 g/mol. The van der Waals surface area contributed by atoms with Crippen LogP contribution < -0.4 is 15.4 Å². The molecule has 3 aliphatic rings. The number of nitrogens with zero attached hydrogens (tertiary/aromatic N) is 5. The largest absolute Gasteiger partial charge is 0.495 e. The Labute approximate surface area is 227 Å². The van der Waals surface area contributed by atoms with E-state index >= 15 is 0 Å². The zero-order valence-corrected chi connectivity index (χ0v) is 22.6. The van der Waals surface area contributed by atoms with Crippen LogP contribution in [-0.2, 0) is 14.8 Å². The molecule has 1 saturated carbocycles. The Hall–Kier alpha value is -3.44. The number of fused-ring (bicyclic) bond motifs is 1. The smallest absolute Gasteiger partial charge is 0.243 e. The van der Waals surface area contributed by atoms with Gasteiger partial charge in [-0.3, -0.25) is 4.90 Å². The first-order valence-corrected chi connectivity index (χ1v) is 14.7. The molecule has 0 atom stereocenters. The number of piperidine rings is 1. The number of nitrogens with one attached hydrogen (secondary N) is 3. The highest BCUT2D eigenvalue weighted by atomic mass is 32.2. The van der Waals surface area contributed by atoms with Crippen molar-refractivity contribution in [3.8, 4) is 11.8 Å². The van der Waals surface area contributed by atoms with Gasteiger partial charge in [0.2, 0.25) is 16.0 Å². The van der Waals surface area contributed by atoms with Crippen LogP contribution in [-0.4, -0.2) is 91.2 Å². The van der Waals surface area contributed by atoms with E-state index in [0.717, 1.165) is 52.0 Å². The van der Waals surface area contributed by atoms with Gasteiger partial charge in [0.1, 0.15) is 23.3 Å². The van der Waals surface area contributed by atoms with Crippen molar-refractivity contribution in [2.75, 3.05) is 57.1 Å². The Kier molecular flexibility index (Phi) is 7.03. The molecule has 2 aromatic heterocycles. The van der Waals surface area contributed by atoms with Gasteiger partial charge in [-0.25, -0.2) is 8.42 Å². The number of hydrogen-bond donors (Lipinski definition) is 3. The molecule has 3 aromatic rings. The third-order valence-corrected chi connectivity index (χ3v) is 9.51. The van der Waals surface area contributed by atoms with Crippen LogP contribution in [0.3, 0.4) is 0 Å². The average Bonchev–Trinajstić information content (AvgIpc) is 3.69. The van der Waals surface area contributed by atoms with Crippen molar-refractivity contribution in [2.45, 2.75) is 42.7 Å². The molecule has 0 radical (unpaired) electrons. The number of H-pyrrole nitrogens is 1. The molecule has 0 bridgehead atoms. The van der Waals surface area contributed by atoms with Gasteiger partial charge in [0, 0.05) is 50.5 Å². The summed E-state index contributed by atoms with van der Waals surface area (Å²) in [4.78, 5) is 14.8. The lowest BCUT2D eigenvalue weighted by Gasteiger charge is -2.39. The number of ether oxygens (including phenoxy) is 2. The van der Waals surface area contributed by atoms with Gasteiger partial charge in [-0.05, 0) is 37.8 Å². The normalized spacial score (nSPS) is 19.6. The van der Waals surface area contributed by atoms with Crippen LogP contribution in [0.4, 0.5) is 17.5 Å². The van der Waals surface area contributed by atoms with Crippen molar-refractivity contribution >= 4 is 38.5 Å². The topological polar surface area (TPSA) is 148 Å². The van der Waals surface area contributed by atoms with Gasteiger partial charge in [-0.15, -0.1) is 0 Å². The minimum atomic E-state index is -3.68. The molecule has 1 aliphatic carbocycles. The molecule has 3 N–H and O–H groups in total. The van der Waals surface area contributed by atoms with Gasteiger partial charge in [-0.2, -0.15) is 19.5 Å². The van der Waals surface area contributed by atoms with E-state index in [4.69, 9.17) is 9.47 Å². The average molecular weight is 553 g/mol. The predicted molar refractivity (Wildman–Crippen MR) is 146 cm³/mol. The molecule has 0 unspecified atom stereocenters. The molecule has 12 nitrogen and oxygen atoms in total. The van der Waals surface area contributed by atoms with Crippen LogP contribution in [0.25, 0.3) is 11.0 Å². The number of aromatic amines is 1. The van der Waals surface area contributed by atoms with E-state index in [0.29, 0.717) is 65.0 Å². The highest BCUT2D eigenvalue weighted by Crippen LogP contribution is 2.34. The van der Waals surface area contributed by atoms with E-state index < -0.39 is 10.0 Å². The Morgan fingerprint density at radius 3 is 2.59 bits per heavy atom. The lowest BCUT2D eigenvalue weighted by Crippen LogP contribution is -2.50. The molecule has 0 amide bonds. The molecular formula is C26H32N8O4S. The second-order valence-corrected chi connectivity index (χ2v) is 12.1. The molecule has 2 saturated heterocycles. The van der Waals surface area contributed by atoms with Crippen molar-refractivity contribution in [2.24, 2.45) is 0 Å². The van der Waals surface area contributed by atoms with Crippen molar-refractivity contribution < 1.29 is 17.9 Å². The number of nitriles is 1. The standard InChI is InChI=1S/C26H32N8O4S/c1-37-22-14-20(39(35,36)34-8-6-19(7-9-34)33-10-12-38-13-11-33)4-5-21(22)30-26-31-24-23(17(15-27)16-28-24)25(32-26)29-18-2-3-18/h4-5,14,16,18-19H,2-3,6-13H2,1H3,(H3,28,29,30,31,32). The fraction of sp³-hybridized carbons (Fsp3) is 0.500. The fourth-order valence-electron chi connectivity index (χ4n) is 5.30. The molecule has 2 aliphatic heterocycles. The van der Waals surface area contributed by atoms with Crippen LogP contribution >= 0.6 is 0 Å². The molecule has 3 fully saturated rings. The van der Waals surface area contributed by atoms with Crippen molar-refractivity contribution in [3.05, 3.63) is 30.0 Å². The molecule has 206 valence electrons. The zero-order chi connectivity index (χ0) is 27.0. The summed E-state index contributed by atoms with van der Waals surface area (Å²) >= 11 is 0. The van der Waals surface area contributed by atoms with Gasteiger partial charge in [0.05, 0.1) is 41.9 Å². The molecule has 13 heteroatoms. The number of rotatable bonds is 8. The highest BCUT2D eigenvalue weighted by molar-refractivity contribution is 7.89. The quantitative estimate of drug-likeness (QED) is 0.381. The molecule has 39 heavy (non-hydrogen) atoms. The van der Waals surface area contributed by atoms with E-state index in [1.807, 2.05) is 0 Å². The summed E-state index contributed by atoms with van der Waals surface area (Å²) in [6, 6.07) is 7.69. The third-order valence-electron chi connectivity index (χ3n) is 7.61. The van der Waals surface area contributed by atoms with E-state index in [1.165, 1.54) is 13.2 Å². The first-order valence-electron chi connectivity index (χ1n) is 13.3. The molecule has 0 spiro atoms. The predicted octanol–water partition coefficient (Wildman–Crippen LogP) is 2.64. The van der Waals surface area contributed by atoms with Crippen molar-refractivity contribution in [3.63, 3.8) is 0 Å². The van der Waals surface area contributed by atoms with E-state index in [2.05, 4.69) is 36.6 Å². The van der Waals surface area contributed by atoms with Crippen LogP contribution in [0, 0.1) is 11.3 Å². The minimum Gasteiger partial charge on any atom is -0.495 e. The molecule has 4 heterocycles. The van der Waals surface area contributed by atoms with E-state index in [9.17, 15) is 13.7 Å². The number of sulfonamides is 1. The summed E-state index contributed by atoms with van der Waals surface area (Å²) in [6.45, 7) is 4.25. The molecule has 1 aromatic carbocycles. The van der Waals surface area contributed by atoms with Crippen LogP contribution in [0.15, 0.2) is 29.3 Å². The van der Waals surface area contributed by atoms with Gasteiger partial charge >= 0.3 is 0 Å². The van der Waals surface area contributed by atoms with Gasteiger partial charge < -0.3 is 25.1 Å². The van der Waals surface area contributed by atoms with E-state index in [-0.39, 0.29) is 4.90 Å². The number of methoxy groups -OCH3 is 1. The van der Waals surface area contributed by atoms with Crippen LogP contribution in [0.5, 0.6) is 5.75 Å². The van der Waals surface area contributed by atoms with Crippen molar-refractivity contribution in [1.29, 1.82) is 5.26 Å². The van der Waals surface area contributed by atoms with Gasteiger partial charge in [0.25, 0.3) is 0 Å². The fourth-order valence-corrected chi connectivity index (χ4v) is 6.78. The number of aromatic nitrogens is 3. The SMILES string of the molecule is COc1cc(S(=O)(=O)N2CCC(N3CCOCC3)CC2)ccc1Nc1nc(NC2CC2)c2c(C#N)c[nH]c2n1. The summed E-state index contributed by atoms with van der Waals surface area (Å²) in [5, 5.41) is 16.7. The highest BCUT2D eigenvalue weighted by Gasteiger charge is 2.33. The maximum absolute atomic E-state index is 13.5.